The predicted octanol–water partition coefficient (Wildman–Crippen LogP) is 6.67. The van der Waals surface area contributed by atoms with Gasteiger partial charge in [0.05, 0.1) is 11.4 Å². The highest BCUT2D eigenvalue weighted by Crippen LogP contribution is 2.24. The number of rotatable bonds is 9. The molecule has 0 amide bonds. The molecule has 1 aromatic carbocycles. The molecule has 0 aliphatic carbocycles. The van der Waals surface area contributed by atoms with Gasteiger partial charge in [0.2, 0.25) is 0 Å². The van der Waals surface area contributed by atoms with Gasteiger partial charge in [-0.05, 0) is 50.3 Å². The Labute approximate surface area is 156 Å². The van der Waals surface area contributed by atoms with Crippen molar-refractivity contribution in [1.29, 1.82) is 0 Å². The molecule has 2 nitrogen and oxygen atoms in total. The van der Waals surface area contributed by atoms with Gasteiger partial charge < -0.3 is 4.90 Å². The lowest BCUT2D eigenvalue weighted by Gasteiger charge is -2.34. The lowest BCUT2D eigenvalue weighted by molar-refractivity contribution is 0.234. The molecular formula is C22H30F2N2. The monoisotopic (exact) mass is 360 g/mol. The van der Waals surface area contributed by atoms with Gasteiger partial charge in [-0.1, -0.05) is 44.7 Å². The molecule has 26 heavy (non-hydrogen) atoms. The van der Waals surface area contributed by atoms with Crippen molar-refractivity contribution in [2.75, 3.05) is 0 Å². The van der Waals surface area contributed by atoms with E-state index in [1.54, 1.807) is 24.4 Å². The van der Waals surface area contributed by atoms with E-state index in [0.717, 1.165) is 29.5 Å². The molecule has 0 heterocycles. The van der Waals surface area contributed by atoms with Crippen LogP contribution in [0, 0.1) is 5.92 Å². The minimum Gasteiger partial charge on any atom is -0.363 e. The fourth-order valence-corrected chi connectivity index (χ4v) is 3.03. The number of hydrogen-bond acceptors (Lipinski definition) is 2. The summed E-state index contributed by atoms with van der Waals surface area (Å²) in [6.45, 7) is 15.2. The van der Waals surface area contributed by atoms with E-state index in [-0.39, 0.29) is 6.04 Å². The van der Waals surface area contributed by atoms with Crippen LogP contribution in [0.25, 0.3) is 6.08 Å². The Hall–Kier alpha value is -2.23. The zero-order chi connectivity index (χ0) is 19.7. The Morgan fingerprint density at radius 1 is 1.23 bits per heavy atom. The maximum atomic E-state index is 12.6. The van der Waals surface area contributed by atoms with Gasteiger partial charge in [0.25, 0.3) is 6.08 Å². The van der Waals surface area contributed by atoms with E-state index >= 15 is 0 Å². The maximum absolute atomic E-state index is 12.6. The molecule has 4 heteroatoms. The van der Waals surface area contributed by atoms with Crippen LogP contribution < -0.4 is 0 Å². The first-order valence-corrected chi connectivity index (χ1v) is 9.01. The minimum absolute atomic E-state index is 0.251. The van der Waals surface area contributed by atoms with Gasteiger partial charge in [0.1, 0.15) is 0 Å². The largest absolute Gasteiger partial charge is 0.363 e. The van der Waals surface area contributed by atoms with Crippen LogP contribution in [0.3, 0.4) is 0 Å². The predicted molar refractivity (Wildman–Crippen MR) is 108 cm³/mol. The van der Waals surface area contributed by atoms with E-state index in [1.165, 1.54) is 0 Å². The number of aliphatic imine (C=N–C) groups is 1. The molecule has 1 rings (SSSR count). The summed E-state index contributed by atoms with van der Waals surface area (Å²) in [6.07, 6.45) is 3.89. The highest BCUT2D eigenvalue weighted by atomic mass is 19.3. The number of allylic oxidation sites excluding steroid dienone is 1. The van der Waals surface area contributed by atoms with Crippen molar-refractivity contribution < 1.29 is 8.78 Å². The van der Waals surface area contributed by atoms with Crippen LogP contribution in [0.15, 0.2) is 59.4 Å². The van der Waals surface area contributed by atoms with Gasteiger partial charge >= 0.3 is 0 Å². The summed E-state index contributed by atoms with van der Waals surface area (Å²) in [5.74, 6) is 0.541. The number of benzene rings is 1. The summed E-state index contributed by atoms with van der Waals surface area (Å²) >= 11 is 0. The zero-order valence-corrected chi connectivity index (χ0v) is 16.5. The second kappa shape index (κ2) is 10.7. The Balaban J connectivity index is 3.17. The van der Waals surface area contributed by atoms with Crippen LogP contribution >= 0.6 is 0 Å². The Morgan fingerprint density at radius 2 is 1.92 bits per heavy atom. The summed E-state index contributed by atoms with van der Waals surface area (Å²) in [7, 11) is 0. The number of halogens is 2. The fourth-order valence-electron chi connectivity index (χ4n) is 3.03. The van der Waals surface area contributed by atoms with Crippen molar-refractivity contribution in [3.63, 3.8) is 0 Å². The van der Waals surface area contributed by atoms with E-state index in [1.807, 2.05) is 26.0 Å². The highest BCUT2D eigenvalue weighted by molar-refractivity contribution is 5.57. The molecule has 0 fully saturated rings. The SMILES string of the molecule is C=C(/C(=C/C)N=CC)N(Cc1cccc(C=C(F)F)c1)C(C)CC(C)C. The van der Waals surface area contributed by atoms with Gasteiger partial charge in [-0.25, -0.2) is 0 Å². The molecule has 1 unspecified atom stereocenters. The van der Waals surface area contributed by atoms with Crippen LogP contribution in [0.5, 0.6) is 0 Å². The molecule has 0 aliphatic rings. The van der Waals surface area contributed by atoms with E-state index in [9.17, 15) is 8.78 Å². The van der Waals surface area contributed by atoms with Crippen LogP contribution in [0.1, 0.15) is 52.2 Å². The lowest BCUT2D eigenvalue weighted by atomic mass is 10.0. The van der Waals surface area contributed by atoms with Gasteiger partial charge in [0, 0.05) is 24.9 Å². The molecule has 0 saturated carbocycles. The van der Waals surface area contributed by atoms with Crippen LogP contribution in [-0.4, -0.2) is 17.2 Å². The summed E-state index contributed by atoms with van der Waals surface area (Å²) in [5, 5.41) is 0. The van der Waals surface area contributed by atoms with E-state index in [2.05, 4.69) is 37.2 Å². The van der Waals surface area contributed by atoms with E-state index in [0.29, 0.717) is 18.0 Å². The molecule has 0 aliphatic heterocycles. The van der Waals surface area contributed by atoms with Gasteiger partial charge in [-0.3, -0.25) is 4.99 Å². The zero-order valence-electron chi connectivity index (χ0n) is 16.5. The van der Waals surface area contributed by atoms with Crippen molar-refractivity contribution >= 4 is 12.3 Å². The summed E-state index contributed by atoms with van der Waals surface area (Å²) in [5.41, 5.74) is 3.14. The number of hydrogen-bond donors (Lipinski definition) is 0. The Bertz CT molecular complexity index is 683. The molecule has 0 bridgehead atoms. The third-order valence-electron chi connectivity index (χ3n) is 4.11. The molecule has 0 spiro atoms. The summed E-state index contributed by atoms with van der Waals surface area (Å²) in [6, 6.07) is 7.48. The second-order valence-corrected chi connectivity index (χ2v) is 6.79. The summed E-state index contributed by atoms with van der Waals surface area (Å²) < 4.78 is 25.1. The quantitative estimate of drug-likeness (QED) is 0.355. The molecule has 0 saturated heterocycles. The van der Waals surface area contributed by atoms with E-state index in [4.69, 9.17) is 0 Å². The van der Waals surface area contributed by atoms with Crippen molar-refractivity contribution in [1.82, 2.24) is 4.90 Å². The average molecular weight is 360 g/mol. The van der Waals surface area contributed by atoms with Crippen LogP contribution in [-0.2, 0) is 6.54 Å². The third kappa shape index (κ3) is 6.95. The van der Waals surface area contributed by atoms with Gasteiger partial charge in [0.15, 0.2) is 0 Å². The molecule has 0 N–H and O–H groups in total. The van der Waals surface area contributed by atoms with Crippen molar-refractivity contribution in [2.24, 2.45) is 10.9 Å². The number of nitrogens with zero attached hydrogens (tertiary/aromatic N) is 2. The summed E-state index contributed by atoms with van der Waals surface area (Å²) in [4.78, 5) is 6.62. The molecule has 142 valence electrons. The lowest BCUT2D eigenvalue weighted by Crippen LogP contribution is -2.33. The maximum Gasteiger partial charge on any atom is 0.270 e. The highest BCUT2D eigenvalue weighted by Gasteiger charge is 2.19. The fraction of sp³-hybridized carbons (Fsp3) is 0.409. The minimum atomic E-state index is -1.69. The topological polar surface area (TPSA) is 15.6 Å². The Kier molecular flexibility index (Phi) is 8.97. The van der Waals surface area contributed by atoms with Crippen molar-refractivity contribution in [2.45, 2.75) is 53.6 Å². The van der Waals surface area contributed by atoms with Crippen molar-refractivity contribution in [3.8, 4) is 0 Å². The van der Waals surface area contributed by atoms with Crippen molar-refractivity contribution in [3.05, 3.63) is 65.5 Å². The van der Waals surface area contributed by atoms with Crippen LogP contribution in [0.4, 0.5) is 8.78 Å². The average Bonchev–Trinajstić information content (AvgIpc) is 2.56. The first-order chi connectivity index (χ1) is 12.3. The smallest absolute Gasteiger partial charge is 0.270 e. The van der Waals surface area contributed by atoms with Crippen LogP contribution in [0.2, 0.25) is 0 Å². The molecular weight excluding hydrogens is 330 g/mol. The Morgan fingerprint density at radius 3 is 2.46 bits per heavy atom. The van der Waals surface area contributed by atoms with Gasteiger partial charge in [-0.15, -0.1) is 0 Å². The molecule has 1 atom stereocenters. The standard InChI is InChI=1S/C22H30F2N2/c1-7-21(25-8-2)18(6)26(17(5)12-16(3)4)15-20-11-9-10-19(13-20)14-22(23)24/h7-11,13-14,16-17H,6,12,15H2,1-5H3/b21-7-,25-8?. The molecule has 0 radical (unpaired) electrons. The van der Waals surface area contributed by atoms with E-state index < -0.39 is 6.08 Å². The first-order valence-electron chi connectivity index (χ1n) is 9.01. The molecule has 0 aromatic heterocycles. The normalized spacial score (nSPS) is 13.2. The second-order valence-electron chi connectivity index (χ2n) is 6.79. The van der Waals surface area contributed by atoms with Gasteiger partial charge in [-0.2, -0.15) is 8.78 Å². The molecule has 1 aromatic rings. The first kappa shape index (κ1) is 21.8. The third-order valence-corrected chi connectivity index (χ3v) is 4.11.